The fraction of sp³-hybridized carbons (Fsp3) is 1.00. The third kappa shape index (κ3) is 1.94. The van der Waals surface area contributed by atoms with Gasteiger partial charge in [0, 0.05) is 18.6 Å². The molecule has 0 bridgehead atoms. The summed E-state index contributed by atoms with van der Waals surface area (Å²) in [5, 5.41) is 3.56. The van der Waals surface area contributed by atoms with E-state index in [0.29, 0.717) is 0 Å². The summed E-state index contributed by atoms with van der Waals surface area (Å²) < 4.78 is 0. The van der Waals surface area contributed by atoms with Crippen LogP contribution >= 0.6 is 0 Å². The Bertz CT molecular complexity index is 128. The van der Waals surface area contributed by atoms with E-state index in [1.54, 1.807) is 0 Å². The number of hydrogen-bond donors (Lipinski definition) is 1. The Morgan fingerprint density at radius 2 is 2.18 bits per heavy atom. The summed E-state index contributed by atoms with van der Waals surface area (Å²) in [6.07, 6.45) is 4.23. The second-order valence-corrected chi connectivity index (χ2v) is 3.92. The predicted octanol–water partition coefficient (Wildman–Crippen LogP) is 0.833. The Hall–Kier alpha value is -0.0800. The Morgan fingerprint density at radius 1 is 1.45 bits per heavy atom. The van der Waals surface area contributed by atoms with Gasteiger partial charge in [-0.3, -0.25) is 4.90 Å². The molecule has 0 radical (unpaired) electrons. The molecule has 11 heavy (non-hydrogen) atoms. The van der Waals surface area contributed by atoms with Crippen LogP contribution in [0.1, 0.15) is 26.2 Å². The zero-order valence-corrected chi connectivity index (χ0v) is 7.34. The molecule has 2 aliphatic rings. The molecular weight excluding hydrogens is 136 g/mol. The number of nitrogens with zero attached hydrogens (tertiary/aromatic N) is 1. The van der Waals surface area contributed by atoms with Gasteiger partial charge in [-0.15, -0.1) is 0 Å². The van der Waals surface area contributed by atoms with E-state index >= 15 is 0 Å². The second-order valence-electron chi connectivity index (χ2n) is 3.92. The summed E-state index contributed by atoms with van der Waals surface area (Å²) in [4.78, 5) is 2.55. The van der Waals surface area contributed by atoms with Crippen molar-refractivity contribution in [1.29, 1.82) is 0 Å². The molecule has 2 nitrogen and oxygen atoms in total. The molecule has 1 heterocycles. The van der Waals surface area contributed by atoms with Gasteiger partial charge in [-0.2, -0.15) is 0 Å². The first-order valence-corrected chi connectivity index (χ1v) is 4.83. The molecule has 1 saturated carbocycles. The van der Waals surface area contributed by atoms with Crippen molar-refractivity contribution in [3.8, 4) is 0 Å². The lowest BCUT2D eigenvalue weighted by molar-refractivity contribution is 0.126. The minimum absolute atomic E-state index is 0.768. The van der Waals surface area contributed by atoms with Crippen molar-refractivity contribution in [3.63, 3.8) is 0 Å². The van der Waals surface area contributed by atoms with E-state index in [4.69, 9.17) is 0 Å². The minimum atomic E-state index is 0.768. The van der Waals surface area contributed by atoms with Crippen LogP contribution in [0.5, 0.6) is 0 Å². The van der Waals surface area contributed by atoms with Crippen LogP contribution in [0.2, 0.25) is 0 Å². The Labute approximate surface area is 69.0 Å². The van der Waals surface area contributed by atoms with Gasteiger partial charge in [0.2, 0.25) is 0 Å². The van der Waals surface area contributed by atoms with Gasteiger partial charge < -0.3 is 5.32 Å². The molecule has 0 amide bonds. The molecule has 1 aliphatic carbocycles. The van der Waals surface area contributed by atoms with Crippen LogP contribution in [-0.4, -0.2) is 36.6 Å². The van der Waals surface area contributed by atoms with Gasteiger partial charge in [-0.05, 0) is 39.3 Å². The first kappa shape index (κ1) is 7.56. The maximum atomic E-state index is 3.56. The zero-order chi connectivity index (χ0) is 7.68. The van der Waals surface area contributed by atoms with Crippen LogP contribution in [0.15, 0.2) is 0 Å². The maximum Gasteiger partial charge on any atom is 0.0192 e. The summed E-state index contributed by atoms with van der Waals surface area (Å²) >= 11 is 0. The zero-order valence-electron chi connectivity index (χ0n) is 7.34. The monoisotopic (exact) mass is 154 g/mol. The van der Waals surface area contributed by atoms with Gasteiger partial charge >= 0.3 is 0 Å². The molecular formula is C9H18N2. The van der Waals surface area contributed by atoms with Crippen molar-refractivity contribution in [2.75, 3.05) is 19.6 Å². The van der Waals surface area contributed by atoms with Crippen LogP contribution < -0.4 is 5.32 Å². The number of rotatable bonds is 4. The van der Waals surface area contributed by atoms with Gasteiger partial charge in [0.15, 0.2) is 0 Å². The molecule has 1 N–H and O–H groups in total. The van der Waals surface area contributed by atoms with E-state index in [2.05, 4.69) is 17.1 Å². The molecule has 2 fully saturated rings. The normalized spacial score (nSPS) is 28.1. The molecule has 2 heteroatoms. The quantitative estimate of drug-likeness (QED) is 0.645. The number of likely N-dealkylation sites (tertiary alicyclic amines) is 1. The first-order chi connectivity index (χ1) is 5.36. The van der Waals surface area contributed by atoms with Crippen molar-refractivity contribution in [2.45, 2.75) is 38.3 Å². The van der Waals surface area contributed by atoms with E-state index in [0.717, 1.165) is 12.1 Å². The van der Waals surface area contributed by atoms with Crippen LogP contribution in [0.4, 0.5) is 0 Å². The third-order valence-electron chi connectivity index (χ3n) is 2.79. The summed E-state index contributed by atoms with van der Waals surface area (Å²) in [6.45, 7) is 6.18. The molecule has 1 aliphatic heterocycles. The van der Waals surface area contributed by atoms with E-state index in [-0.39, 0.29) is 0 Å². The molecule has 0 aromatic heterocycles. The molecule has 64 valence electrons. The van der Waals surface area contributed by atoms with Crippen LogP contribution in [-0.2, 0) is 0 Å². The van der Waals surface area contributed by atoms with Gasteiger partial charge in [0.05, 0.1) is 0 Å². The van der Waals surface area contributed by atoms with Crippen molar-refractivity contribution < 1.29 is 0 Å². The van der Waals surface area contributed by atoms with Gasteiger partial charge in [-0.25, -0.2) is 0 Å². The van der Waals surface area contributed by atoms with E-state index in [9.17, 15) is 0 Å². The molecule has 1 saturated heterocycles. The van der Waals surface area contributed by atoms with Crippen molar-refractivity contribution in [3.05, 3.63) is 0 Å². The topological polar surface area (TPSA) is 15.3 Å². The molecule has 0 spiro atoms. The highest BCUT2D eigenvalue weighted by Gasteiger charge is 2.24. The SMILES string of the molecule is CC(CNC1CC1)N1CCC1. The standard InChI is InChI=1S/C9H18N2/c1-8(11-5-2-6-11)7-10-9-3-4-9/h8-10H,2-7H2,1H3. The fourth-order valence-corrected chi connectivity index (χ4v) is 1.54. The van der Waals surface area contributed by atoms with Crippen molar-refractivity contribution in [2.24, 2.45) is 0 Å². The number of hydrogen-bond acceptors (Lipinski definition) is 2. The van der Waals surface area contributed by atoms with Gasteiger partial charge in [-0.1, -0.05) is 0 Å². The smallest absolute Gasteiger partial charge is 0.0192 e. The minimum Gasteiger partial charge on any atom is -0.312 e. The van der Waals surface area contributed by atoms with E-state index < -0.39 is 0 Å². The van der Waals surface area contributed by atoms with E-state index in [1.165, 1.54) is 38.9 Å². The average molecular weight is 154 g/mol. The maximum absolute atomic E-state index is 3.56. The fourth-order valence-electron chi connectivity index (χ4n) is 1.54. The largest absolute Gasteiger partial charge is 0.312 e. The highest BCUT2D eigenvalue weighted by atomic mass is 15.2. The first-order valence-electron chi connectivity index (χ1n) is 4.83. The Morgan fingerprint density at radius 3 is 2.64 bits per heavy atom. The third-order valence-corrected chi connectivity index (χ3v) is 2.79. The molecule has 0 aromatic carbocycles. The van der Waals surface area contributed by atoms with E-state index in [1.807, 2.05) is 0 Å². The van der Waals surface area contributed by atoms with Crippen LogP contribution in [0.25, 0.3) is 0 Å². The van der Waals surface area contributed by atoms with Crippen molar-refractivity contribution in [1.82, 2.24) is 10.2 Å². The summed E-state index contributed by atoms with van der Waals surface area (Å²) in [5.74, 6) is 0. The molecule has 2 rings (SSSR count). The Kier molecular flexibility index (Phi) is 2.14. The van der Waals surface area contributed by atoms with Crippen LogP contribution in [0, 0.1) is 0 Å². The molecule has 1 atom stereocenters. The van der Waals surface area contributed by atoms with Gasteiger partial charge in [0.1, 0.15) is 0 Å². The Balaban J connectivity index is 1.59. The summed E-state index contributed by atoms with van der Waals surface area (Å²) in [7, 11) is 0. The van der Waals surface area contributed by atoms with Crippen molar-refractivity contribution >= 4 is 0 Å². The lowest BCUT2D eigenvalue weighted by Crippen LogP contribution is -2.48. The average Bonchev–Trinajstić information content (AvgIpc) is 2.61. The predicted molar refractivity (Wildman–Crippen MR) is 46.7 cm³/mol. The lowest BCUT2D eigenvalue weighted by Gasteiger charge is -2.36. The highest BCUT2D eigenvalue weighted by Crippen LogP contribution is 2.19. The van der Waals surface area contributed by atoms with Gasteiger partial charge in [0.25, 0.3) is 0 Å². The van der Waals surface area contributed by atoms with Crippen LogP contribution in [0.3, 0.4) is 0 Å². The second kappa shape index (κ2) is 3.11. The summed E-state index contributed by atoms with van der Waals surface area (Å²) in [6, 6.07) is 1.64. The number of nitrogens with one attached hydrogen (secondary N) is 1. The molecule has 0 aromatic rings. The lowest BCUT2D eigenvalue weighted by atomic mass is 10.1. The summed E-state index contributed by atoms with van der Waals surface area (Å²) in [5.41, 5.74) is 0. The molecule has 1 unspecified atom stereocenters. The highest BCUT2D eigenvalue weighted by molar-refractivity contribution is 4.84.